The molecule has 1 atom stereocenters. The van der Waals surface area contributed by atoms with Crippen LogP contribution in [0, 0.1) is 0 Å². The molecule has 0 radical (unpaired) electrons. The average Bonchev–Trinajstić information content (AvgIpc) is 3.02. The van der Waals surface area contributed by atoms with Gasteiger partial charge in [0, 0.05) is 31.1 Å². The van der Waals surface area contributed by atoms with Gasteiger partial charge in [-0.05, 0) is 38.5 Å². The molecule has 0 fully saturated rings. The van der Waals surface area contributed by atoms with Crippen LogP contribution in [0.5, 0.6) is 0 Å². The fourth-order valence-corrected chi connectivity index (χ4v) is 3.10. The highest BCUT2D eigenvalue weighted by Crippen LogP contribution is 2.17. The highest BCUT2D eigenvalue weighted by molar-refractivity contribution is 7.90. The Labute approximate surface area is 154 Å². The zero-order valence-corrected chi connectivity index (χ0v) is 16.6. The Morgan fingerprint density at radius 1 is 1.23 bits per heavy atom. The zero-order chi connectivity index (χ0) is 19.5. The Bertz CT molecular complexity index is 857. The summed E-state index contributed by atoms with van der Waals surface area (Å²) in [4.78, 5) is 14.2. The van der Waals surface area contributed by atoms with Crippen LogP contribution in [0.2, 0.25) is 0 Å². The van der Waals surface area contributed by atoms with Crippen LogP contribution >= 0.6 is 0 Å². The first-order chi connectivity index (χ1) is 12.1. The van der Waals surface area contributed by atoms with E-state index in [9.17, 15) is 13.2 Å². The lowest BCUT2D eigenvalue weighted by Crippen LogP contribution is -2.38. The second kappa shape index (κ2) is 7.90. The van der Waals surface area contributed by atoms with Gasteiger partial charge in [0.2, 0.25) is 0 Å². The van der Waals surface area contributed by atoms with Crippen molar-refractivity contribution in [3.8, 4) is 0 Å². The van der Waals surface area contributed by atoms with E-state index < -0.39 is 9.84 Å². The number of nitrogens with zero attached hydrogens (tertiary/aromatic N) is 3. The number of aromatic nitrogens is 2. The van der Waals surface area contributed by atoms with Gasteiger partial charge in [0.25, 0.3) is 0 Å². The summed E-state index contributed by atoms with van der Waals surface area (Å²) >= 11 is 0. The number of benzene rings is 1. The molecular formula is C18H26N4O3S. The molecule has 2 rings (SSSR count). The summed E-state index contributed by atoms with van der Waals surface area (Å²) < 4.78 is 24.9. The van der Waals surface area contributed by atoms with Crippen LogP contribution in [-0.2, 0) is 16.4 Å². The van der Waals surface area contributed by atoms with Crippen molar-refractivity contribution in [1.82, 2.24) is 20.0 Å². The Morgan fingerprint density at radius 3 is 2.35 bits per heavy atom. The molecule has 0 spiro atoms. The number of amides is 2. The van der Waals surface area contributed by atoms with Gasteiger partial charge in [-0.3, -0.25) is 4.68 Å². The predicted molar refractivity (Wildman–Crippen MR) is 101 cm³/mol. The summed E-state index contributed by atoms with van der Waals surface area (Å²) in [6, 6.07) is 6.37. The maximum atomic E-state index is 12.4. The number of nitrogens with one attached hydrogen (secondary N) is 1. The number of rotatable bonds is 6. The van der Waals surface area contributed by atoms with E-state index in [1.165, 1.54) is 6.26 Å². The molecule has 2 aromatic rings. The molecule has 142 valence electrons. The Kier molecular flexibility index (Phi) is 6.07. The predicted octanol–water partition coefficient (Wildman–Crippen LogP) is 2.77. The molecule has 0 unspecified atom stereocenters. The van der Waals surface area contributed by atoms with Crippen molar-refractivity contribution in [1.29, 1.82) is 0 Å². The van der Waals surface area contributed by atoms with E-state index in [0.29, 0.717) is 6.54 Å². The van der Waals surface area contributed by atoms with Crippen molar-refractivity contribution in [2.75, 3.05) is 13.3 Å². The molecule has 0 bridgehead atoms. The lowest BCUT2D eigenvalue weighted by molar-refractivity contribution is 0.203. The first kappa shape index (κ1) is 20.0. The monoisotopic (exact) mass is 378 g/mol. The van der Waals surface area contributed by atoms with Crippen LogP contribution < -0.4 is 5.32 Å². The third-order valence-electron chi connectivity index (χ3n) is 4.10. The third kappa shape index (κ3) is 5.08. The molecular weight excluding hydrogens is 352 g/mol. The quantitative estimate of drug-likeness (QED) is 0.838. The first-order valence-electron chi connectivity index (χ1n) is 8.42. The van der Waals surface area contributed by atoms with Crippen LogP contribution in [0.1, 0.15) is 44.0 Å². The molecule has 0 saturated heterocycles. The maximum Gasteiger partial charge on any atom is 0.317 e. The highest BCUT2D eigenvalue weighted by Gasteiger charge is 2.15. The minimum Gasteiger partial charge on any atom is -0.331 e. The summed E-state index contributed by atoms with van der Waals surface area (Å²) in [5.41, 5.74) is 1.80. The highest BCUT2D eigenvalue weighted by atomic mass is 32.2. The van der Waals surface area contributed by atoms with Gasteiger partial charge in [-0.2, -0.15) is 5.10 Å². The molecule has 1 aromatic heterocycles. The van der Waals surface area contributed by atoms with Crippen LogP contribution in [0.15, 0.2) is 41.6 Å². The van der Waals surface area contributed by atoms with Crippen LogP contribution in [-0.4, -0.2) is 42.4 Å². The minimum absolute atomic E-state index is 0.206. The van der Waals surface area contributed by atoms with Gasteiger partial charge in [-0.15, -0.1) is 0 Å². The van der Waals surface area contributed by atoms with E-state index in [0.717, 1.165) is 11.1 Å². The van der Waals surface area contributed by atoms with Gasteiger partial charge >= 0.3 is 6.03 Å². The Balaban J connectivity index is 1.96. The standard InChI is InChI=1S/C18H26N4O3S/c1-13(2)22-12-15(10-19-22)11-21(4)18(23)20-14(3)16-6-8-17(9-7-16)26(5,24)25/h6-10,12-14H,11H2,1-5H3,(H,20,23)/t14-/m1/s1. The van der Waals surface area contributed by atoms with E-state index >= 15 is 0 Å². The normalized spacial score (nSPS) is 12.8. The third-order valence-corrected chi connectivity index (χ3v) is 5.23. The van der Waals surface area contributed by atoms with E-state index in [1.54, 1.807) is 42.4 Å². The number of hydrogen-bond acceptors (Lipinski definition) is 4. The molecule has 1 N–H and O–H groups in total. The second-order valence-corrected chi connectivity index (χ2v) is 8.81. The fourth-order valence-electron chi connectivity index (χ4n) is 2.47. The molecule has 1 aromatic carbocycles. The Hall–Kier alpha value is -2.35. The van der Waals surface area contributed by atoms with Gasteiger partial charge in [-0.25, -0.2) is 13.2 Å². The van der Waals surface area contributed by atoms with Gasteiger partial charge in [-0.1, -0.05) is 12.1 Å². The molecule has 8 heteroatoms. The van der Waals surface area contributed by atoms with Crippen molar-refractivity contribution in [2.24, 2.45) is 0 Å². The molecule has 0 aliphatic carbocycles. The summed E-state index contributed by atoms with van der Waals surface area (Å²) in [6.45, 7) is 6.41. The fraction of sp³-hybridized carbons (Fsp3) is 0.444. The first-order valence-corrected chi connectivity index (χ1v) is 10.3. The van der Waals surface area contributed by atoms with E-state index in [-0.39, 0.29) is 23.0 Å². The molecule has 0 saturated carbocycles. The smallest absolute Gasteiger partial charge is 0.317 e. The van der Waals surface area contributed by atoms with Crippen molar-refractivity contribution >= 4 is 15.9 Å². The Morgan fingerprint density at radius 2 is 1.85 bits per heavy atom. The van der Waals surface area contributed by atoms with Gasteiger partial charge in [0.1, 0.15) is 0 Å². The second-order valence-electron chi connectivity index (χ2n) is 6.79. The maximum absolute atomic E-state index is 12.4. The van der Waals surface area contributed by atoms with Gasteiger partial charge in [0.15, 0.2) is 9.84 Å². The van der Waals surface area contributed by atoms with E-state index in [2.05, 4.69) is 10.4 Å². The number of sulfone groups is 1. The lowest BCUT2D eigenvalue weighted by atomic mass is 10.1. The van der Waals surface area contributed by atoms with Crippen molar-refractivity contribution in [2.45, 2.75) is 44.3 Å². The van der Waals surface area contributed by atoms with Gasteiger partial charge < -0.3 is 10.2 Å². The van der Waals surface area contributed by atoms with Crippen LogP contribution in [0.4, 0.5) is 4.79 Å². The van der Waals surface area contributed by atoms with Gasteiger partial charge in [0.05, 0.1) is 23.7 Å². The largest absolute Gasteiger partial charge is 0.331 e. The zero-order valence-electron chi connectivity index (χ0n) is 15.8. The number of carbonyl (C=O) groups excluding carboxylic acids is 1. The summed E-state index contributed by atoms with van der Waals surface area (Å²) in [5, 5.41) is 7.19. The van der Waals surface area contributed by atoms with Crippen molar-refractivity contribution < 1.29 is 13.2 Å². The lowest BCUT2D eigenvalue weighted by Gasteiger charge is -2.21. The molecule has 0 aliphatic rings. The number of urea groups is 1. The van der Waals surface area contributed by atoms with E-state index in [4.69, 9.17) is 0 Å². The van der Waals surface area contributed by atoms with Crippen LogP contribution in [0.25, 0.3) is 0 Å². The summed E-state index contributed by atoms with van der Waals surface area (Å²) in [7, 11) is -1.50. The van der Waals surface area contributed by atoms with E-state index in [1.807, 2.05) is 31.6 Å². The van der Waals surface area contributed by atoms with Crippen molar-refractivity contribution in [3.63, 3.8) is 0 Å². The molecule has 0 aliphatic heterocycles. The molecule has 1 heterocycles. The van der Waals surface area contributed by atoms with Crippen molar-refractivity contribution in [3.05, 3.63) is 47.8 Å². The SMILES string of the molecule is CC(C)n1cc(CN(C)C(=O)N[C@H](C)c2ccc(S(C)(=O)=O)cc2)cn1. The molecule has 26 heavy (non-hydrogen) atoms. The molecule has 7 nitrogen and oxygen atoms in total. The minimum atomic E-state index is -3.22. The average molecular weight is 378 g/mol. The van der Waals surface area contributed by atoms with Crippen LogP contribution in [0.3, 0.4) is 0 Å². The number of hydrogen-bond donors (Lipinski definition) is 1. The summed E-state index contributed by atoms with van der Waals surface area (Å²) in [6.07, 6.45) is 4.86. The summed E-state index contributed by atoms with van der Waals surface area (Å²) in [5.74, 6) is 0. The topological polar surface area (TPSA) is 84.3 Å². The molecule has 2 amide bonds. The number of carbonyl (C=O) groups is 1.